The Hall–Kier alpha value is -2.12. The third kappa shape index (κ3) is 1.97. The fourth-order valence-electron chi connectivity index (χ4n) is 2.94. The SMILES string of the molecule is Brc1c2ccccc2c(-c2c[c]ccc2)c2ccccc12. The van der Waals surface area contributed by atoms with E-state index in [4.69, 9.17) is 0 Å². The average molecular weight is 332 g/mol. The number of hydrogen-bond donors (Lipinski definition) is 0. The molecule has 0 fully saturated rings. The van der Waals surface area contributed by atoms with Gasteiger partial charge in [0, 0.05) is 4.47 Å². The number of rotatable bonds is 1. The van der Waals surface area contributed by atoms with Gasteiger partial charge in [0.05, 0.1) is 0 Å². The van der Waals surface area contributed by atoms with Crippen LogP contribution in [0.4, 0.5) is 0 Å². The van der Waals surface area contributed by atoms with Crippen molar-refractivity contribution in [2.24, 2.45) is 0 Å². The highest BCUT2D eigenvalue weighted by Crippen LogP contribution is 2.41. The zero-order chi connectivity index (χ0) is 14.2. The van der Waals surface area contributed by atoms with E-state index in [0.717, 1.165) is 4.47 Å². The van der Waals surface area contributed by atoms with Crippen LogP contribution in [0.25, 0.3) is 32.7 Å². The second kappa shape index (κ2) is 5.01. The molecule has 1 heteroatoms. The summed E-state index contributed by atoms with van der Waals surface area (Å²) in [5.41, 5.74) is 2.48. The first kappa shape index (κ1) is 12.6. The molecule has 4 aromatic rings. The van der Waals surface area contributed by atoms with Gasteiger partial charge in [-0.15, -0.1) is 0 Å². The molecule has 21 heavy (non-hydrogen) atoms. The van der Waals surface area contributed by atoms with Gasteiger partial charge in [-0.3, -0.25) is 0 Å². The highest BCUT2D eigenvalue weighted by molar-refractivity contribution is 9.10. The second-order valence-electron chi connectivity index (χ2n) is 5.07. The highest BCUT2D eigenvalue weighted by atomic mass is 79.9. The summed E-state index contributed by atoms with van der Waals surface area (Å²) in [4.78, 5) is 0. The minimum absolute atomic E-state index is 1.16. The average Bonchev–Trinajstić information content (AvgIpc) is 2.56. The predicted molar refractivity (Wildman–Crippen MR) is 93.4 cm³/mol. The van der Waals surface area contributed by atoms with Crippen LogP contribution in [-0.4, -0.2) is 0 Å². The molecule has 0 saturated carbocycles. The van der Waals surface area contributed by atoms with Gasteiger partial charge in [-0.05, 0) is 60.7 Å². The van der Waals surface area contributed by atoms with E-state index in [2.05, 4.69) is 82.7 Å². The second-order valence-corrected chi connectivity index (χ2v) is 5.87. The Morgan fingerprint density at radius 3 is 1.76 bits per heavy atom. The van der Waals surface area contributed by atoms with E-state index in [1.807, 2.05) is 12.1 Å². The Bertz CT molecular complexity index is 883. The molecule has 0 spiro atoms. The minimum atomic E-state index is 1.16. The molecule has 0 aliphatic rings. The monoisotopic (exact) mass is 331 g/mol. The lowest BCUT2D eigenvalue weighted by atomic mass is 9.92. The molecule has 0 saturated heterocycles. The van der Waals surface area contributed by atoms with Crippen LogP contribution in [0.2, 0.25) is 0 Å². The van der Waals surface area contributed by atoms with Gasteiger partial charge >= 0.3 is 0 Å². The zero-order valence-corrected chi connectivity index (χ0v) is 12.9. The van der Waals surface area contributed by atoms with Crippen LogP contribution in [0.3, 0.4) is 0 Å². The van der Waals surface area contributed by atoms with E-state index in [9.17, 15) is 0 Å². The predicted octanol–water partition coefficient (Wildman–Crippen LogP) is 6.22. The maximum atomic E-state index is 3.78. The fourth-order valence-corrected chi connectivity index (χ4v) is 3.63. The van der Waals surface area contributed by atoms with Crippen molar-refractivity contribution in [3.63, 3.8) is 0 Å². The van der Waals surface area contributed by atoms with Crippen LogP contribution in [0.5, 0.6) is 0 Å². The van der Waals surface area contributed by atoms with Crippen molar-refractivity contribution in [3.8, 4) is 11.1 Å². The van der Waals surface area contributed by atoms with Crippen LogP contribution in [-0.2, 0) is 0 Å². The molecular weight excluding hydrogens is 320 g/mol. The lowest BCUT2D eigenvalue weighted by Gasteiger charge is -2.14. The molecule has 0 unspecified atom stereocenters. The first-order chi connectivity index (χ1) is 10.4. The summed E-state index contributed by atoms with van der Waals surface area (Å²) in [6.07, 6.45) is 0. The van der Waals surface area contributed by atoms with Crippen LogP contribution in [0, 0.1) is 6.07 Å². The van der Waals surface area contributed by atoms with Crippen LogP contribution in [0.15, 0.2) is 77.3 Å². The van der Waals surface area contributed by atoms with Gasteiger partial charge in [-0.25, -0.2) is 0 Å². The maximum absolute atomic E-state index is 3.78. The van der Waals surface area contributed by atoms with Gasteiger partial charge < -0.3 is 0 Å². The van der Waals surface area contributed by atoms with Crippen molar-refractivity contribution in [2.45, 2.75) is 0 Å². The normalized spacial score (nSPS) is 11.1. The Morgan fingerprint density at radius 1 is 0.667 bits per heavy atom. The summed E-state index contributed by atoms with van der Waals surface area (Å²) in [6, 6.07) is 28.5. The Kier molecular flexibility index (Phi) is 3.01. The highest BCUT2D eigenvalue weighted by Gasteiger charge is 2.12. The molecule has 0 aliphatic heterocycles. The molecule has 0 nitrogen and oxygen atoms in total. The van der Waals surface area contributed by atoms with Gasteiger partial charge in [-0.2, -0.15) is 0 Å². The molecule has 0 aliphatic carbocycles. The zero-order valence-electron chi connectivity index (χ0n) is 11.3. The molecule has 0 heterocycles. The Morgan fingerprint density at radius 2 is 1.24 bits per heavy atom. The molecule has 0 N–H and O–H groups in total. The van der Waals surface area contributed by atoms with E-state index >= 15 is 0 Å². The smallest absolute Gasteiger partial charge is 0.0332 e. The topological polar surface area (TPSA) is 0 Å². The molecule has 0 aromatic heterocycles. The summed E-state index contributed by atoms with van der Waals surface area (Å²) in [6.45, 7) is 0. The molecule has 0 bridgehead atoms. The first-order valence-corrected chi connectivity index (χ1v) is 7.71. The fraction of sp³-hybridized carbons (Fsp3) is 0. The number of halogens is 1. The summed E-state index contributed by atoms with van der Waals surface area (Å²) < 4.78 is 1.16. The number of hydrogen-bond acceptors (Lipinski definition) is 0. The molecule has 4 aromatic carbocycles. The van der Waals surface area contributed by atoms with E-state index in [-0.39, 0.29) is 0 Å². The van der Waals surface area contributed by atoms with Gasteiger partial charge in [0.1, 0.15) is 0 Å². The van der Waals surface area contributed by atoms with Gasteiger partial charge in [0.15, 0.2) is 0 Å². The lowest BCUT2D eigenvalue weighted by molar-refractivity contribution is 1.65. The van der Waals surface area contributed by atoms with Crippen LogP contribution >= 0.6 is 15.9 Å². The van der Waals surface area contributed by atoms with E-state index in [1.54, 1.807) is 0 Å². The van der Waals surface area contributed by atoms with Crippen LogP contribution in [0.1, 0.15) is 0 Å². The van der Waals surface area contributed by atoms with Crippen molar-refractivity contribution in [1.29, 1.82) is 0 Å². The van der Waals surface area contributed by atoms with E-state index in [1.165, 1.54) is 32.7 Å². The molecule has 0 amide bonds. The van der Waals surface area contributed by atoms with Crippen molar-refractivity contribution < 1.29 is 0 Å². The molecule has 1 radical (unpaired) electrons. The molecular formula is C20H12Br. The van der Waals surface area contributed by atoms with Crippen LogP contribution < -0.4 is 0 Å². The third-order valence-electron chi connectivity index (χ3n) is 3.86. The summed E-state index contributed by atoms with van der Waals surface area (Å²) >= 11 is 3.78. The third-order valence-corrected chi connectivity index (χ3v) is 4.72. The number of benzene rings is 4. The largest absolute Gasteiger partial charge is 0.0616 e. The van der Waals surface area contributed by atoms with Crippen molar-refractivity contribution >= 4 is 37.5 Å². The quantitative estimate of drug-likeness (QED) is 0.363. The summed E-state index contributed by atoms with van der Waals surface area (Å²) in [5.74, 6) is 0. The Balaban J connectivity index is 2.28. The summed E-state index contributed by atoms with van der Waals surface area (Å²) in [5, 5.41) is 5.02. The molecule has 4 rings (SSSR count). The molecule has 99 valence electrons. The lowest BCUT2D eigenvalue weighted by Crippen LogP contribution is -1.87. The number of fused-ring (bicyclic) bond motifs is 2. The van der Waals surface area contributed by atoms with E-state index in [0.29, 0.717) is 0 Å². The van der Waals surface area contributed by atoms with E-state index < -0.39 is 0 Å². The summed E-state index contributed by atoms with van der Waals surface area (Å²) in [7, 11) is 0. The van der Waals surface area contributed by atoms with Crippen molar-refractivity contribution in [2.75, 3.05) is 0 Å². The standard InChI is InChI=1S/C20H12Br/c21-20-17-12-6-4-10-15(17)19(14-8-2-1-3-9-14)16-11-5-7-13-18(16)20/h1-2,4-13H. The van der Waals surface area contributed by atoms with Gasteiger partial charge in [0.25, 0.3) is 0 Å². The minimum Gasteiger partial charge on any atom is -0.0616 e. The molecule has 0 atom stereocenters. The van der Waals surface area contributed by atoms with Gasteiger partial charge in [0.2, 0.25) is 0 Å². The van der Waals surface area contributed by atoms with Crippen molar-refractivity contribution in [3.05, 3.63) is 83.3 Å². The first-order valence-electron chi connectivity index (χ1n) is 6.92. The Labute approximate surface area is 132 Å². The van der Waals surface area contributed by atoms with Gasteiger partial charge in [-0.1, -0.05) is 66.7 Å². The maximum Gasteiger partial charge on any atom is 0.0332 e. The van der Waals surface area contributed by atoms with Crippen molar-refractivity contribution in [1.82, 2.24) is 0 Å².